The summed E-state index contributed by atoms with van der Waals surface area (Å²) in [5, 5.41) is 3.78. The fraction of sp³-hybridized carbons (Fsp3) is 0.765. The summed E-state index contributed by atoms with van der Waals surface area (Å²) in [6.45, 7) is 11.6. The van der Waals surface area contributed by atoms with Crippen molar-refractivity contribution in [2.45, 2.75) is 71.0 Å². The monoisotopic (exact) mass is 278 g/mol. The van der Waals surface area contributed by atoms with E-state index < -0.39 is 0 Å². The molecule has 1 N–H and O–H groups in total. The minimum absolute atomic E-state index is 0.311. The lowest BCUT2D eigenvalue weighted by atomic mass is 9.87. The topological polar surface area (TPSA) is 28.4 Å². The molecular formula is C17H30N2O. The third-order valence-electron chi connectivity index (χ3n) is 5.13. The van der Waals surface area contributed by atoms with Gasteiger partial charge in [-0.1, -0.05) is 13.8 Å². The molecule has 0 saturated carbocycles. The highest BCUT2D eigenvalue weighted by atomic mass is 16.3. The van der Waals surface area contributed by atoms with Gasteiger partial charge in [0.25, 0.3) is 0 Å². The van der Waals surface area contributed by atoms with Crippen molar-refractivity contribution < 1.29 is 4.42 Å². The van der Waals surface area contributed by atoms with E-state index in [1.807, 2.05) is 6.07 Å². The Kier molecular flexibility index (Phi) is 5.28. The molecule has 1 aromatic heterocycles. The standard InChI is InChI=1S/C17H30N2O/c1-5-17(6-2)13-19(15(4)12-18-17)14(3)9-10-16-8-7-11-20-16/h7-8,11,14-15,18H,5-6,9-10,12-13H2,1-4H3. The Morgan fingerprint density at radius 1 is 1.45 bits per heavy atom. The zero-order valence-electron chi connectivity index (χ0n) is 13.5. The molecular weight excluding hydrogens is 248 g/mol. The Morgan fingerprint density at radius 3 is 2.80 bits per heavy atom. The lowest BCUT2D eigenvalue weighted by Crippen LogP contribution is -2.64. The molecule has 0 bridgehead atoms. The summed E-state index contributed by atoms with van der Waals surface area (Å²) in [6, 6.07) is 5.28. The molecule has 1 aliphatic heterocycles. The van der Waals surface area contributed by atoms with Crippen molar-refractivity contribution in [1.82, 2.24) is 10.2 Å². The summed E-state index contributed by atoms with van der Waals surface area (Å²) in [5.74, 6) is 1.11. The molecule has 3 nitrogen and oxygen atoms in total. The summed E-state index contributed by atoms with van der Waals surface area (Å²) in [5.41, 5.74) is 0.311. The van der Waals surface area contributed by atoms with Gasteiger partial charge in [0.15, 0.2) is 0 Å². The molecule has 0 spiro atoms. The van der Waals surface area contributed by atoms with Crippen molar-refractivity contribution in [3.05, 3.63) is 24.2 Å². The molecule has 1 aliphatic rings. The highest BCUT2D eigenvalue weighted by molar-refractivity contribution is 5.00. The molecule has 1 saturated heterocycles. The second-order valence-corrected chi connectivity index (χ2v) is 6.36. The maximum absolute atomic E-state index is 5.45. The molecule has 20 heavy (non-hydrogen) atoms. The molecule has 0 aliphatic carbocycles. The van der Waals surface area contributed by atoms with Crippen LogP contribution in [0.5, 0.6) is 0 Å². The average molecular weight is 278 g/mol. The van der Waals surface area contributed by atoms with Crippen LogP contribution in [-0.2, 0) is 6.42 Å². The summed E-state index contributed by atoms with van der Waals surface area (Å²) >= 11 is 0. The number of rotatable bonds is 6. The van der Waals surface area contributed by atoms with E-state index in [2.05, 4.69) is 44.0 Å². The number of nitrogens with zero attached hydrogens (tertiary/aromatic N) is 1. The van der Waals surface area contributed by atoms with Crippen LogP contribution in [0.25, 0.3) is 0 Å². The van der Waals surface area contributed by atoms with Gasteiger partial charge in [0.05, 0.1) is 6.26 Å². The maximum atomic E-state index is 5.45. The predicted molar refractivity (Wildman–Crippen MR) is 84.0 cm³/mol. The molecule has 0 amide bonds. The quantitative estimate of drug-likeness (QED) is 0.864. The van der Waals surface area contributed by atoms with Crippen LogP contribution in [0.2, 0.25) is 0 Å². The van der Waals surface area contributed by atoms with E-state index in [-0.39, 0.29) is 0 Å². The summed E-state index contributed by atoms with van der Waals surface area (Å²) in [4.78, 5) is 2.69. The van der Waals surface area contributed by atoms with Gasteiger partial charge in [-0.3, -0.25) is 4.90 Å². The lowest BCUT2D eigenvalue weighted by molar-refractivity contribution is 0.0469. The number of piperazine rings is 1. The van der Waals surface area contributed by atoms with Crippen molar-refractivity contribution in [3.63, 3.8) is 0 Å². The maximum Gasteiger partial charge on any atom is 0.103 e. The van der Waals surface area contributed by atoms with Gasteiger partial charge in [-0.2, -0.15) is 0 Å². The smallest absolute Gasteiger partial charge is 0.103 e. The summed E-state index contributed by atoms with van der Waals surface area (Å²) in [7, 11) is 0. The van der Waals surface area contributed by atoms with E-state index >= 15 is 0 Å². The van der Waals surface area contributed by atoms with Crippen LogP contribution in [0, 0.1) is 0 Å². The van der Waals surface area contributed by atoms with Gasteiger partial charge >= 0.3 is 0 Å². The number of hydrogen-bond donors (Lipinski definition) is 1. The number of nitrogens with one attached hydrogen (secondary N) is 1. The fourth-order valence-electron chi connectivity index (χ4n) is 3.33. The lowest BCUT2D eigenvalue weighted by Gasteiger charge is -2.49. The fourth-order valence-corrected chi connectivity index (χ4v) is 3.33. The van der Waals surface area contributed by atoms with Crippen LogP contribution in [0.15, 0.2) is 22.8 Å². The molecule has 2 heterocycles. The van der Waals surface area contributed by atoms with Gasteiger partial charge in [-0.15, -0.1) is 0 Å². The highest BCUT2D eigenvalue weighted by Crippen LogP contribution is 2.25. The first-order valence-corrected chi connectivity index (χ1v) is 8.13. The SMILES string of the molecule is CCC1(CC)CN(C(C)CCc2ccco2)C(C)CN1. The first kappa shape index (κ1) is 15.6. The van der Waals surface area contributed by atoms with Gasteiger partial charge < -0.3 is 9.73 Å². The van der Waals surface area contributed by atoms with Crippen molar-refractivity contribution in [3.8, 4) is 0 Å². The first-order valence-electron chi connectivity index (χ1n) is 8.13. The zero-order chi connectivity index (χ0) is 14.6. The predicted octanol–water partition coefficient (Wildman–Crippen LogP) is 3.45. The minimum Gasteiger partial charge on any atom is -0.469 e. The van der Waals surface area contributed by atoms with Crippen LogP contribution >= 0.6 is 0 Å². The average Bonchev–Trinajstić information content (AvgIpc) is 2.99. The third kappa shape index (κ3) is 3.44. The normalized spacial score (nSPS) is 24.7. The Balaban J connectivity index is 1.94. The molecule has 1 fully saturated rings. The zero-order valence-corrected chi connectivity index (χ0v) is 13.5. The molecule has 1 aromatic rings. The Bertz CT molecular complexity index is 384. The van der Waals surface area contributed by atoms with Crippen LogP contribution in [0.3, 0.4) is 0 Å². The van der Waals surface area contributed by atoms with E-state index in [1.165, 1.54) is 25.8 Å². The Morgan fingerprint density at radius 2 is 2.20 bits per heavy atom. The third-order valence-corrected chi connectivity index (χ3v) is 5.13. The molecule has 0 aromatic carbocycles. The van der Waals surface area contributed by atoms with Gasteiger partial charge in [-0.05, 0) is 45.2 Å². The van der Waals surface area contributed by atoms with E-state index in [0.29, 0.717) is 17.6 Å². The summed E-state index contributed by atoms with van der Waals surface area (Å²) < 4.78 is 5.45. The second-order valence-electron chi connectivity index (χ2n) is 6.36. The number of hydrogen-bond acceptors (Lipinski definition) is 3. The van der Waals surface area contributed by atoms with Crippen molar-refractivity contribution in [1.29, 1.82) is 0 Å². The van der Waals surface area contributed by atoms with E-state index in [9.17, 15) is 0 Å². The molecule has 2 rings (SSSR count). The van der Waals surface area contributed by atoms with Crippen LogP contribution in [0.1, 0.15) is 52.7 Å². The highest BCUT2D eigenvalue weighted by Gasteiger charge is 2.36. The van der Waals surface area contributed by atoms with Gasteiger partial charge in [0, 0.05) is 37.1 Å². The van der Waals surface area contributed by atoms with Crippen molar-refractivity contribution >= 4 is 0 Å². The summed E-state index contributed by atoms with van der Waals surface area (Å²) in [6.07, 6.45) is 6.39. The van der Waals surface area contributed by atoms with Gasteiger partial charge in [0.2, 0.25) is 0 Å². The molecule has 3 heteroatoms. The Labute approximate surface area is 123 Å². The minimum atomic E-state index is 0.311. The van der Waals surface area contributed by atoms with E-state index in [1.54, 1.807) is 6.26 Å². The van der Waals surface area contributed by atoms with Crippen molar-refractivity contribution in [2.24, 2.45) is 0 Å². The van der Waals surface area contributed by atoms with Gasteiger partial charge in [-0.25, -0.2) is 0 Å². The van der Waals surface area contributed by atoms with Crippen LogP contribution in [-0.4, -0.2) is 35.6 Å². The number of aryl methyl sites for hydroxylation is 1. The molecule has 2 atom stereocenters. The van der Waals surface area contributed by atoms with Crippen molar-refractivity contribution in [2.75, 3.05) is 13.1 Å². The molecule has 0 radical (unpaired) electrons. The van der Waals surface area contributed by atoms with E-state index in [4.69, 9.17) is 4.42 Å². The molecule has 114 valence electrons. The van der Waals surface area contributed by atoms with Crippen LogP contribution in [0.4, 0.5) is 0 Å². The first-order chi connectivity index (χ1) is 9.60. The Hall–Kier alpha value is -0.800. The second kappa shape index (κ2) is 6.77. The van der Waals surface area contributed by atoms with Crippen LogP contribution < -0.4 is 5.32 Å². The molecule has 2 unspecified atom stereocenters. The largest absolute Gasteiger partial charge is 0.469 e. The van der Waals surface area contributed by atoms with Gasteiger partial charge in [0.1, 0.15) is 5.76 Å². The van der Waals surface area contributed by atoms with E-state index in [0.717, 1.165) is 18.7 Å². The number of furan rings is 1.